The monoisotopic (exact) mass is 518 g/mol. The van der Waals surface area contributed by atoms with E-state index in [9.17, 15) is 9.59 Å². The van der Waals surface area contributed by atoms with Gasteiger partial charge in [-0.05, 0) is 51.9 Å². The fourth-order valence-corrected chi connectivity index (χ4v) is 5.30. The molecule has 0 fully saturated rings. The molecular weight excluding hydrogens is 484 g/mol. The smallest absolute Gasteiger partial charge is 0.411 e. The number of benzene rings is 4. The minimum atomic E-state index is -0.496. The van der Waals surface area contributed by atoms with Crippen molar-refractivity contribution in [2.45, 2.75) is 44.7 Å². The summed E-state index contributed by atoms with van der Waals surface area (Å²) < 4.78 is 5.65. The van der Waals surface area contributed by atoms with Crippen molar-refractivity contribution in [2.75, 3.05) is 11.9 Å². The van der Waals surface area contributed by atoms with Crippen LogP contribution in [0.4, 0.5) is 10.5 Å². The summed E-state index contributed by atoms with van der Waals surface area (Å²) in [4.78, 5) is 25.8. The maximum atomic E-state index is 13.1. The van der Waals surface area contributed by atoms with Crippen LogP contribution in [0.25, 0.3) is 11.1 Å². The van der Waals surface area contributed by atoms with Crippen molar-refractivity contribution >= 4 is 17.6 Å². The van der Waals surface area contributed by atoms with Crippen LogP contribution in [0.15, 0.2) is 103 Å². The largest absolute Gasteiger partial charge is 0.448 e. The third-order valence-electron chi connectivity index (χ3n) is 7.13. The normalized spacial score (nSPS) is 13.0. The SMILES string of the molecule is CC(C)N[C@@H](Cc1ccccc1)C(=O)Cc1ccc(NC(=O)OCC2c3ccccc3-c3ccccc32)cc1. The Bertz CT molecular complexity index is 1390. The molecule has 5 heteroatoms. The zero-order valence-electron chi connectivity index (χ0n) is 22.4. The van der Waals surface area contributed by atoms with E-state index in [1.807, 2.05) is 78.9 Å². The number of Topliss-reactive ketones (excluding diaryl/α,β-unsaturated/α-hetero) is 1. The molecule has 1 aliphatic carbocycles. The van der Waals surface area contributed by atoms with E-state index in [1.54, 1.807) is 0 Å². The number of hydrogen-bond donors (Lipinski definition) is 2. The molecule has 2 N–H and O–H groups in total. The topological polar surface area (TPSA) is 67.4 Å². The maximum absolute atomic E-state index is 13.1. The summed E-state index contributed by atoms with van der Waals surface area (Å²) in [5, 5.41) is 6.23. The molecule has 0 radical (unpaired) electrons. The third-order valence-corrected chi connectivity index (χ3v) is 7.13. The molecule has 5 nitrogen and oxygen atoms in total. The lowest BCUT2D eigenvalue weighted by atomic mass is 9.97. The number of carbonyl (C=O) groups is 2. The minimum Gasteiger partial charge on any atom is -0.448 e. The molecule has 0 spiro atoms. The van der Waals surface area contributed by atoms with E-state index in [0.29, 0.717) is 18.5 Å². The molecule has 198 valence electrons. The summed E-state index contributed by atoms with van der Waals surface area (Å²) in [6.45, 7) is 4.36. The van der Waals surface area contributed by atoms with Crippen LogP contribution in [0.3, 0.4) is 0 Å². The lowest BCUT2D eigenvalue weighted by Crippen LogP contribution is -2.43. The Morgan fingerprint density at radius 2 is 1.33 bits per heavy atom. The van der Waals surface area contributed by atoms with Gasteiger partial charge in [-0.1, -0.05) is 105 Å². The minimum absolute atomic E-state index is 0.0137. The molecule has 0 heterocycles. The van der Waals surface area contributed by atoms with E-state index in [0.717, 1.165) is 11.1 Å². The van der Waals surface area contributed by atoms with Crippen LogP contribution in [-0.4, -0.2) is 30.6 Å². The third kappa shape index (κ3) is 6.44. The van der Waals surface area contributed by atoms with Crippen molar-refractivity contribution in [3.05, 3.63) is 125 Å². The van der Waals surface area contributed by atoms with Gasteiger partial charge in [0.1, 0.15) is 6.61 Å². The van der Waals surface area contributed by atoms with Crippen molar-refractivity contribution in [1.82, 2.24) is 5.32 Å². The molecule has 39 heavy (non-hydrogen) atoms. The molecule has 1 atom stereocenters. The maximum Gasteiger partial charge on any atom is 0.411 e. The molecule has 4 aromatic carbocycles. The van der Waals surface area contributed by atoms with Gasteiger partial charge in [-0.15, -0.1) is 0 Å². The number of anilines is 1. The molecule has 0 saturated carbocycles. The van der Waals surface area contributed by atoms with Gasteiger partial charge in [0.15, 0.2) is 5.78 Å². The van der Waals surface area contributed by atoms with Crippen LogP contribution in [-0.2, 0) is 22.4 Å². The first-order valence-corrected chi connectivity index (χ1v) is 13.5. The van der Waals surface area contributed by atoms with E-state index in [-0.39, 0.29) is 30.4 Å². The van der Waals surface area contributed by atoms with Crippen LogP contribution in [0.1, 0.15) is 42.0 Å². The van der Waals surface area contributed by atoms with Gasteiger partial charge in [-0.2, -0.15) is 0 Å². The first kappa shape index (κ1) is 26.4. The fourth-order valence-electron chi connectivity index (χ4n) is 5.30. The van der Waals surface area contributed by atoms with Gasteiger partial charge in [0, 0.05) is 24.1 Å². The lowest BCUT2D eigenvalue weighted by molar-refractivity contribution is -0.120. The standard InChI is InChI=1S/C34H34N2O3/c1-23(2)35-32(20-24-10-4-3-5-11-24)33(37)21-25-16-18-26(19-17-25)36-34(38)39-22-31-29-14-8-6-12-27(29)28-13-7-9-15-30(28)31/h3-19,23,31-32,35H,20-22H2,1-2H3,(H,36,38)/t32-/m0/s1. The summed E-state index contributed by atoms with van der Waals surface area (Å²) in [5.74, 6) is 0.157. The Morgan fingerprint density at radius 3 is 1.95 bits per heavy atom. The van der Waals surface area contributed by atoms with Crippen LogP contribution in [0.5, 0.6) is 0 Å². The first-order valence-electron chi connectivity index (χ1n) is 13.5. The molecule has 5 rings (SSSR count). The molecule has 0 aromatic heterocycles. The van der Waals surface area contributed by atoms with Crippen LogP contribution < -0.4 is 10.6 Å². The number of amides is 1. The van der Waals surface area contributed by atoms with E-state index in [2.05, 4.69) is 48.7 Å². The number of carbonyl (C=O) groups excluding carboxylic acids is 2. The van der Waals surface area contributed by atoms with Crippen LogP contribution >= 0.6 is 0 Å². The van der Waals surface area contributed by atoms with Gasteiger partial charge in [-0.25, -0.2) is 4.79 Å². The number of nitrogens with one attached hydrogen (secondary N) is 2. The van der Waals surface area contributed by atoms with Gasteiger partial charge in [0.2, 0.25) is 0 Å². The number of rotatable bonds is 10. The highest BCUT2D eigenvalue weighted by molar-refractivity contribution is 5.87. The summed E-state index contributed by atoms with van der Waals surface area (Å²) in [6, 6.07) is 33.9. The molecule has 4 aromatic rings. The molecule has 0 aliphatic heterocycles. The second-order valence-electron chi connectivity index (χ2n) is 10.4. The highest BCUT2D eigenvalue weighted by Gasteiger charge is 2.29. The Labute approximate surface area is 230 Å². The Hall–Kier alpha value is -4.22. The average Bonchev–Trinajstić information content (AvgIpc) is 3.26. The van der Waals surface area contributed by atoms with E-state index in [1.165, 1.54) is 22.3 Å². The van der Waals surface area contributed by atoms with Crippen molar-refractivity contribution in [2.24, 2.45) is 0 Å². The second-order valence-corrected chi connectivity index (χ2v) is 10.4. The van der Waals surface area contributed by atoms with Crippen molar-refractivity contribution < 1.29 is 14.3 Å². The predicted octanol–water partition coefficient (Wildman–Crippen LogP) is 6.77. The molecule has 0 unspecified atom stereocenters. The second kappa shape index (κ2) is 12.1. The number of fused-ring (bicyclic) bond motifs is 3. The van der Waals surface area contributed by atoms with Gasteiger partial charge in [0.25, 0.3) is 0 Å². The lowest BCUT2D eigenvalue weighted by Gasteiger charge is -2.20. The van der Waals surface area contributed by atoms with Gasteiger partial charge in [0.05, 0.1) is 6.04 Å². The zero-order chi connectivity index (χ0) is 27.2. The predicted molar refractivity (Wildman–Crippen MR) is 156 cm³/mol. The highest BCUT2D eigenvalue weighted by Crippen LogP contribution is 2.44. The van der Waals surface area contributed by atoms with Gasteiger partial charge < -0.3 is 10.1 Å². The quantitative estimate of drug-likeness (QED) is 0.243. The van der Waals surface area contributed by atoms with Gasteiger partial charge >= 0.3 is 6.09 Å². The first-order chi connectivity index (χ1) is 19.0. The molecule has 1 aliphatic rings. The number of ether oxygens (including phenoxy) is 1. The fraction of sp³-hybridized carbons (Fsp3) is 0.235. The zero-order valence-corrected chi connectivity index (χ0v) is 22.4. The number of hydrogen-bond acceptors (Lipinski definition) is 4. The van der Waals surface area contributed by atoms with E-state index >= 15 is 0 Å². The Morgan fingerprint density at radius 1 is 0.744 bits per heavy atom. The molecule has 0 saturated heterocycles. The summed E-state index contributed by atoms with van der Waals surface area (Å²) in [6.07, 6.45) is 0.478. The van der Waals surface area contributed by atoms with Crippen molar-refractivity contribution in [1.29, 1.82) is 0 Å². The van der Waals surface area contributed by atoms with Gasteiger partial charge in [-0.3, -0.25) is 10.1 Å². The molecular formula is C34H34N2O3. The Kier molecular flexibility index (Phi) is 8.18. The van der Waals surface area contributed by atoms with Crippen LogP contribution in [0.2, 0.25) is 0 Å². The summed E-state index contributed by atoms with van der Waals surface area (Å²) in [7, 11) is 0. The van der Waals surface area contributed by atoms with E-state index < -0.39 is 6.09 Å². The highest BCUT2D eigenvalue weighted by atomic mass is 16.5. The van der Waals surface area contributed by atoms with E-state index in [4.69, 9.17) is 4.74 Å². The van der Waals surface area contributed by atoms with Crippen molar-refractivity contribution in [3.8, 4) is 11.1 Å². The Balaban J connectivity index is 1.17. The average molecular weight is 519 g/mol. The molecule has 1 amide bonds. The number of ketones is 1. The van der Waals surface area contributed by atoms with Crippen molar-refractivity contribution in [3.63, 3.8) is 0 Å². The molecule has 0 bridgehead atoms. The van der Waals surface area contributed by atoms with Crippen LogP contribution in [0, 0.1) is 0 Å². The summed E-state index contributed by atoms with van der Waals surface area (Å²) >= 11 is 0. The summed E-state index contributed by atoms with van der Waals surface area (Å²) in [5.41, 5.74) is 7.41.